The van der Waals surface area contributed by atoms with Crippen LogP contribution in [0.3, 0.4) is 0 Å². The molecule has 1 aliphatic heterocycles. The third-order valence-corrected chi connectivity index (χ3v) is 6.33. The van der Waals surface area contributed by atoms with Crippen LogP contribution in [0.15, 0.2) is 46.9 Å². The first-order valence-corrected chi connectivity index (χ1v) is 11.9. The highest BCUT2D eigenvalue weighted by Gasteiger charge is 2.31. The van der Waals surface area contributed by atoms with Crippen molar-refractivity contribution in [2.24, 2.45) is 0 Å². The van der Waals surface area contributed by atoms with Crippen molar-refractivity contribution in [1.82, 2.24) is 4.90 Å². The molecule has 1 aromatic carbocycles. The number of benzene rings is 1. The summed E-state index contributed by atoms with van der Waals surface area (Å²) in [4.78, 5) is 25.6. The van der Waals surface area contributed by atoms with Crippen molar-refractivity contribution in [3.8, 4) is 0 Å². The molecule has 1 aliphatic rings. The number of thioether (sulfide) groups is 1. The second-order valence-corrected chi connectivity index (χ2v) is 9.28. The van der Waals surface area contributed by atoms with Gasteiger partial charge in [-0.25, -0.2) is 0 Å². The van der Waals surface area contributed by atoms with Crippen molar-refractivity contribution in [2.45, 2.75) is 64.7 Å². The maximum Gasteiger partial charge on any atom is 0.303 e. The van der Waals surface area contributed by atoms with Gasteiger partial charge in [0.05, 0.1) is 4.91 Å². The zero-order valence-corrected chi connectivity index (χ0v) is 19.3. The van der Waals surface area contributed by atoms with E-state index in [9.17, 15) is 9.59 Å². The van der Waals surface area contributed by atoms with E-state index >= 15 is 0 Å². The molecule has 0 spiro atoms. The zero-order valence-electron chi connectivity index (χ0n) is 17.6. The Morgan fingerprint density at radius 1 is 1.03 bits per heavy atom. The standard InChI is InChI=1S/C24H31NO3S2/c1-19(17-20-13-9-8-10-14-20)18-21-23(28)25(24(29)30-21)16-12-7-5-3-2-4-6-11-15-22(26)27/h8-10,13-14,17-18H,2-7,11-12,15-16H2,1H3,(H,26,27)/b19-17+,21-18-. The molecule has 1 heterocycles. The lowest BCUT2D eigenvalue weighted by Gasteiger charge is -2.14. The van der Waals surface area contributed by atoms with E-state index in [-0.39, 0.29) is 12.3 Å². The molecule has 1 fully saturated rings. The van der Waals surface area contributed by atoms with E-state index in [1.807, 2.05) is 43.3 Å². The molecule has 0 aromatic heterocycles. The molecule has 4 nitrogen and oxygen atoms in total. The minimum atomic E-state index is -0.706. The van der Waals surface area contributed by atoms with Crippen molar-refractivity contribution >= 4 is 46.3 Å². The monoisotopic (exact) mass is 445 g/mol. The normalized spacial score (nSPS) is 16.0. The van der Waals surface area contributed by atoms with Gasteiger partial charge in [0.2, 0.25) is 0 Å². The average Bonchev–Trinajstić information content (AvgIpc) is 2.96. The molecule has 0 unspecified atom stereocenters. The highest BCUT2D eigenvalue weighted by atomic mass is 32.2. The Morgan fingerprint density at radius 2 is 1.63 bits per heavy atom. The Morgan fingerprint density at radius 3 is 2.27 bits per heavy atom. The first-order chi connectivity index (χ1) is 14.5. The second-order valence-electron chi connectivity index (χ2n) is 7.60. The third-order valence-electron chi connectivity index (χ3n) is 4.95. The van der Waals surface area contributed by atoms with Crippen LogP contribution in [0.4, 0.5) is 0 Å². The predicted octanol–water partition coefficient (Wildman–Crippen LogP) is 6.43. The summed E-state index contributed by atoms with van der Waals surface area (Å²) < 4.78 is 0.650. The molecule has 2 rings (SSSR count). The number of hydrogen-bond acceptors (Lipinski definition) is 4. The molecule has 1 amide bonds. The van der Waals surface area contributed by atoms with E-state index in [2.05, 4.69) is 6.08 Å². The summed E-state index contributed by atoms with van der Waals surface area (Å²) in [6.07, 6.45) is 12.6. The number of rotatable bonds is 13. The number of carboxylic acid groups (broad SMARTS) is 1. The molecule has 30 heavy (non-hydrogen) atoms. The topological polar surface area (TPSA) is 57.6 Å². The SMILES string of the molecule is CC(/C=C1\SC(=S)N(CCCCCCCCCCC(=O)O)C1=O)=C\c1ccccc1. The average molecular weight is 446 g/mol. The number of hydrogen-bond donors (Lipinski definition) is 1. The van der Waals surface area contributed by atoms with Gasteiger partial charge in [-0.15, -0.1) is 0 Å². The fourth-order valence-corrected chi connectivity index (χ4v) is 4.72. The Hall–Kier alpha value is -1.92. The molecule has 0 atom stereocenters. The van der Waals surface area contributed by atoms with Gasteiger partial charge >= 0.3 is 5.97 Å². The van der Waals surface area contributed by atoms with Crippen LogP contribution in [0, 0.1) is 0 Å². The van der Waals surface area contributed by atoms with Crippen LogP contribution >= 0.6 is 24.0 Å². The van der Waals surface area contributed by atoms with Gasteiger partial charge in [-0.05, 0) is 37.0 Å². The number of aliphatic carboxylic acids is 1. The predicted molar refractivity (Wildman–Crippen MR) is 129 cm³/mol. The summed E-state index contributed by atoms with van der Waals surface area (Å²) in [5.74, 6) is -0.688. The van der Waals surface area contributed by atoms with Crippen LogP contribution in [0.25, 0.3) is 6.08 Å². The summed E-state index contributed by atoms with van der Waals surface area (Å²) in [6.45, 7) is 2.68. The number of carbonyl (C=O) groups is 2. The number of amides is 1. The lowest BCUT2D eigenvalue weighted by molar-refractivity contribution is -0.137. The number of carboxylic acids is 1. The van der Waals surface area contributed by atoms with Crippen molar-refractivity contribution in [3.05, 3.63) is 52.4 Å². The van der Waals surface area contributed by atoms with Gasteiger partial charge < -0.3 is 5.11 Å². The molecule has 0 saturated carbocycles. The molecule has 1 saturated heterocycles. The van der Waals surface area contributed by atoms with E-state index in [4.69, 9.17) is 17.3 Å². The van der Waals surface area contributed by atoms with Crippen LogP contribution in [-0.2, 0) is 9.59 Å². The third kappa shape index (κ3) is 8.84. The van der Waals surface area contributed by atoms with Gasteiger partial charge in [-0.1, -0.05) is 98.9 Å². The first kappa shape index (κ1) is 24.4. The number of thiocarbonyl (C=S) groups is 1. The van der Waals surface area contributed by atoms with Crippen LogP contribution in [-0.4, -0.2) is 32.7 Å². The molecule has 1 N–H and O–H groups in total. The van der Waals surface area contributed by atoms with Crippen molar-refractivity contribution in [1.29, 1.82) is 0 Å². The van der Waals surface area contributed by atoms with Crippen LogP contribution in [0.2, 0.25) is 0 Å². The molecule has 162 valence electrons. The van der Waals surface area contributed by atoms with Gasteiger partial charge in [0.15, 0.2) is 0 Å². The second kappa shape index (κ2) is 13.4. The Balaban J connectivity index is 1.67. The molecular formula is C24H31NO3S2. The quantitative estimate of drug-likeness (QED) is 0.215. The van der Waals surface area contributed by atoms with E-state index < -0.39 is 5.97 Å². The Labute approximate surface area is 189 Å². The van der Waals surface area contributed by atoms with E-state index in [1.54, 1.807) is 4.90 Å². The van der Waals surface area contributed by atoms with Gasteiger partial charge in [0.25, 0.3) is 5.91 Å². The summed E-state index contributed by atoms with van der Waals surface area (Å²) in [7, 11) is 0. The smallest absolute Gasteiger partial charge is 0.303 e. The lowest BCUT2D eigenvalue weighted by atomic mass is 10.1. The van der Waals surface area contributed by atoms with Crippen LogP contribution in [0.1, 0.15) is 70.3 Å². The molecule has 0 aliphatic carbocycles. The summed E-state index contributed by atoms with van der Waals surface area (Å²) in [6, 6.07) is 10.1. The molecule has 0 bridgehead atoms. The first-order valence-electron chi connectivity index (χ1n) is 10.7. The lowest BCUT2D eigenvalue weighted by Crippen LogP contribution is -2.29. The largest absolute Gasteiger partial charge is 0.481 e. The van der Waals surface area contributed by atoms with Crippen LogP contribution in [0.5, 0.6) is 0 Å². The number of nitrogens with zero attached hydrogens (tertiary/aromatic N) is 1. The zero-order chi connectivity index (χ0) is 21.8. The number of carbonyl (C=O) groups excluding carboxylic acids is 1. The van der Waals surface area contributed by atoms with Gasteiger partial charge in [0.1, 0.15) is 4.32 Å². The maximum absolute atomic E-state index is 12.7. The van der Waals surface area contributed by atoms with E-state index in [0.717, 1.165) is 62.5 Å². The van der Waals surface area contributed by atoms with E-state index in [1.165, 1.54) is 11.8 Å². The van der Waals surface area contributed by atoms with Gasteiger partial charge in [-0.2, -0.15) is 0 Å². The molecule has 0 radical (unpaired) electrons. The molecule has 6 heteroatoms. The van der Waals surface area contributed by atoms with E-state index in [0.29, 0.717) is 15.8 Å². The fraction of sp³-hybridized carbons (Fsp3) is 0.458. The molecular weight excluding hydrogens is 414 g/mol. The Kier molecular flexibility index (Phi) is 10.9. The summed E-state index contributed by atoms with van der Waals surface area (Å²) >= 11 is 6.81. The highest BCUT2D eigenvalue weighted by molar-refractivity contribution is 8.26. The summed E-state index contributed by atoms with van der Waals surface area (Å²) in [5, 5.41) is 8.61. The number of allylic oxidation sites excluding steroid dienone is 2. The minimum absolute atomic E-state index is 0.0178. The molecule has 1 aromatic rings. The fourth-order valence-electron chi connectivity index (χ4n) is 3.36. The van der Waals surface area contributed by atoms with Gasteiger partial charge in [-0.3, -0.25) is 14.5 Å². The van der Waals surface area contributed by atoms with Crippen molar-refractivity contribution in [3.63, 3.8) is 0 Å². The van der Waals surface area contributed by atoms with Gasteiger partial charge in [0, 0.05) is 13.0 Å². The Bertz CT molecular complexity index is 787. The minimum Gasteiger partial charge on any atom is -0.481 e. The van der Waals surface area contributed by atoms with Crippen molar-refractivity contribution < 1.29 is 14.7 Å². The maximum atomic E-state index is 12.7. The summed E-state index contributed by atoms with van der Waals surface area (Å²) in [5.41, 5.74) is 2.15. The highest BCUT2D eigenvalue weighted by Crippen LogP contribution is 2.32. The van der Waals surface area contributed by atoms with Crippen LogP contribution < -0.4 is 0 Å². The number of unbranched alkanes of at least 4 members (excludes halogenated alkanes) is 7. The van der Waals surface area contributed by atoms with Crippen molar-refractivity contribution in [2.75, 3.05) is 6.54 Å².